The van der Waals surface area contributed by atoms with Gasteiger partial charge in [0.1, 0.15) is 20.2 Å². The Morgan fingerprint density at radius 2 is 0.826 bits per heavy atom. The molecular weight excluding hydrogens is 415 g/mol. The van der Waals surface area contributed by atoms with Gasteiger partial charge in [-0.2, -0.15) is 0 Å². The van der Waals surface area contributed by atoms with Crippen LogP contribution in [0.15, 0.2) is 58.3 Å². The largest absolute Gasteiger partial charge is 2.00 e. The van der Waals surface area contributed by atoms with Gasteiger partial charge in [0.05, 0.1) is 9.79 Å². The molecule has 0 unspecified atom stereocenters. The molecule has 2 rings (SSSR count). The average molecular weight is 423 g/mol. The first-order valence-electron chi connectivity index (χ1n) is 5.43. The molecule has 0 atom stereocenters. The molecular formula is C12H8CaCl2O6S2. The van der Waals surface area contributed by atoms with Gasteiger partial charge in [0.15, 0.2) is 0 Å². The van der Waals surface area contributed by atoms with Crippen LogP contribution in [-0.4, -0.2) is 63.7 Å². The van der Waals surface area contributed by atoms with Gasteiger partial charge >= 0.3 is 37.7 Å². The molecule has 120 valence electrons. The molecule has 23 heavy (non-hydrogen) atoms. The van der Waals surface area contributed by atoms with Crippen molar-refractivity contribution in [3.8, 4) is 0 Å². The van der Waals surface area contributed by atoms with E-state index in [0.717, 1.165) is 0 Å². The Morgan fingerprint density at radius 1 is 0.609 bits per heavy atom. The van der Waals surface area contributed by atoms with E-state index in [0.29, 0.717) is 10.0 Å². The molecule has 0 aromatic heterocycles. The topological polar surface area (TPSA) is 114 Å². The Bertz CT molecular complexity index is 761. The fourth-order valence-corrected chi connectivity index (χ4v) is 2.39. The van der Waals surface area contributed by atoms with E-state index in [1.165, 1.54) is 48.5 Å². The van der Waals surface area contributed by atoms with Gasteiger partial charge in [-0.1, -0.05) is 23.2 Å². The minimum atomic E-state index is -4.33. The zero-order valence-corrected chi connectivity index (χ0v) is 16.7. The molecule has 0 fully saturated rings. The molecule has 0 amide bonds. The minimum absolute atomic E-state index is 0. The minimum Gasteiger partial charge on any atom is -0.744 e. The maximum Gasteiger partial charge on any atom is 2.00 e. The van der Waals surface area contributed by atoms with Crippen LogP contribution in [0.4, 0.5) is 0 Å². The average Bonchev–Trinajstić information content (AvgIpc) is 2.38. The van der Waals surface area contributed by atoms with Crippen molar-refractivity contribution < 1.29 is 25.9 Å². The van der Waals surface area contributed by atoms with Crippen LogP contribution in [0.5, 0.6) is 0 Å². The van der Waals surface area contributed by atoms with Gasteiger partial charge in [-0.3, -0.25) is 0 Å². The van der Waals surface area contributed by atoms with Crippen LogP contribution in [0, 0.1) is 0 Å². The summed E-state index contributed by atoms with van der Waals surface area (Å²) in [6.07, 6.45) is 0. The Labute approximate surface area is 173 Å². The summed E-state index contributed by atoms with van der Waals surface area (Å²) in [5.41, 5.74) is 0. The fourth-order valence-electron chi connectivity index (χ4n) is 1.20. The second kappa shape index (κ2) is 9.55. The van der Waals surface area contributed by atoms with E-state index < -0.39 is 20.2 Å². The Balaban J connectivity index is 0.000000403. The van der Waals surface area contributed by atoms with Crippen LogP contribution in [0.25, 0.3) is 0 Å². The molecule has 0 bridgehead atoms. The van der Waals surface area contributed by atoms with Crippen LogP contribution in [0.2, 0.25) is 10.0 Å². The second-order valence-electron chi connectivity index (χ2n) is 3.82. The van der Waals surface area contributed by atoms with Crippen molar-refractivity contribution in [2.24, 2.45) is 0 Å². The van der Waals surface area contributed by atoms with Crippen molar-refractivity contribution >= 4 is 81.2 Å². The smallest absolute Gasteiger partial charge is 0.744 e. The summed E-state index contributed by atoms with van der Waals surface area (Å²) in [6, 6.07) is 10.1. The van der Waals surface area contributed by atoms with Crippen LogP contribution in [0.3, 0.4) is 0 Å². The zero-order chi connectivity index (χ0) is 17.0. The standard InChI is InChI=1S/2C6H5ClO3S.Ca/c2*7-5-1-3-6(4-2-5)11(8,9)10;/h2*1-4H,(H,8,9,10);/q;;+2/p-2. The quantitative estimate of drug-likeness (QED) is 0.540. The van der Waals surface area contributed by atoms with Crippen molar-refractivity contribution in [1.29, 1.82) is 0 Å². The van der Waals surface area contributed by atoms with Crippen LogP contribution >= 0.6 is 23.2 Å². The van der Waals surface area contributed by atoms with Crippen molar-refractivity contribution in [3.63, 3.8) is 0 Å². The molecule has 0 aliphatic carbocycles. The van der Waals surface area contributed by atoms with Gasteiger partial charge in [-0.15, -0.1) is 0 Å². The van der Waals surface area contributed by atoms with Gasteiger partial charge < -0.3 is 9.11 Å². The predicted octanol–water partition coefficient (Wildman–Crippen LogP) is 2.11. The normalized spacial score (nSPS) is 11.0. The third kappa shape index (κ3) is 8.66. The molecule has 0 radical (unpaired) electrons. The van der Waals surface area contributed by atoms with Crippen LogP contribution in [0.1, 0.15) is 0 Å². The Kier molecular flexibility index (Phi) is 9.59. The first-order chi connectivity index (χ1) is 10.00. The van der Waals surface area contributed by atoms with Crippen molar-refractivity contribution in [2.75, 3.05) is 0 Å². The van der Waals surface area contributed by atoms with Crippen molar-refractivity contribution in [3.05, 3.63) is 58.6 Å². The molecule has 0 saturated heterocycles. The zero-order valence-electron chi connectivity index (χ0n) is 11.3. The number of hydrogen-bond donors (Lipinski definition) is 0. The molecule has 2 aromatic carbocycles. The summed E-state index contributed by atoms with van der Waals surface area (Å²) in [5.74, 6) is 0. The van der Waals surface area contributed by atoms with Crippen molar-refractivity contribution in [1.82, 2.24) is 0 Å². The Morgan fingerprint density at radius 3 is 1.00 bits per heavy atom. The maximum absolute atomic E-state index is 10.3. The SMILES string of the molecule is O=S(=O)([O-])c1ccc(Cl)cc1.O=S(=O)([O-])c1ccc(Cl)cc1.[Ca+2]. The number of benzene rings is 2. The maximum atomic E-state index is 10.3. The summed E-state index contributed by atoms with van der Waals surface area (Å²) < 4.78 is 62.1. The molecule has 2 aromatic rings. The molecule has 0 N–H and O–H groups in total. The summed E-state index contributed by atoms with van der Waals surface area (Å²) >= 11 is 10.9. The van der Waals surface area contributed by atoms with Gasteiger partial charge in [0.25, 0.3) is 0 Å². The Hall–Kier alpha value is 0.0997. The monoisotopic (exact) mass is 422 g/mol. The number of rotatable bonds is 2. The van der Waals surface area contributed by atoms with E-state index in [-0.39, 0.29) is 47.5 Å². The molecule has 0 spiro atoms. The first kappa shape index (κ1) is 23.1. The molecule has 0 aliphatic heterocycles. The van der Waals surface area contributed by atoms with Crippen molar-refractivity contribution in [2.45, 2.75) is 9.79 Å². The molecule has 11 heteroatoms. The summed E-state index contributed by atoms with van der Waals surface area (Å²) in [5, 5.41) is 0.801. The van der Waals surface area contributed by atoms with Gasteiger partial charge in [-0.05, 0) is 48.5 Å². The molecule has 0 heterocycles. The summed E-state index contributed by atoms with van der Waals surface area (Å²) in [4.78, 5) is -0.524. The fraction of sp³-hybridized carbons (Fsp3) is 0. The summed E-state index contributed by atoms with van der Waals surface area (Å²) in [7, 11) is -8.66. The van der Waals surface area contributed by atoms with E-state index in [1.54, 1.807) is 0 Å². The third-order valence-electron chi connectivity index (χ3n) is 2.20. The van der Waals surface area contributed by atoms with Gasteiger partial charge in [0.2, 0.25) is 0 Å². The van der Waals surface area contributed by atoms with E-state index in [1.807, 2.05) is 0 Å². The molecule has 6 nitrogen and oxygen atoms in total. The van der Waals surface area contributed by atoms with Gasteiger partial charge in [0, 0.05) is 10.0 Å². The van der Waals surface area contributed by atoms with E-state index in [4.69, 9.17) is 23.2 Å². The molecule has 0 saturated carbocycles. The predicted molar refractivity (Wildman–Crippen MR) is 84.6 cm³/mol. The third-order valence-corrected chi connectivity index (χ3v) is 4.41. The first-order valence-corrected chi connectivity index (χ1v) is 9.00. The number of halogens is 2. The van der Waals surface area contributed by atoms with E-state index in [2.05, 4.69) is 0 Å². The van der Waals surface area contributed by atoms with E-state index in [9.17, 15) is 25.9 Å². The van der Waals surface area contributed by atoms with E-state index >= 15 is 0 Å². The van der Waals surface area contributed by atoms with Gasteiger partial charge in [-0.25, -0.2) is 16.8 Å². The second-order valence-corrected chi connectivity index (χ2v) is 7.45. The van der Waals surface area contributed by atoms with Crippen LogP contribution in [-0.2, 0) is 20.2 Å². The molecule has 0 aliphatic rings. The number of hydrogen-bond acceptors (Lipinski definition) is 6. The summed E-state index contributed by atoms with van der Waals surface area (Å²) in [6.45, 7) is 0. The van der Waals surface area contributed by atoms with Crippen LogP contribution < -0.4 is 0 Å².